The molecule has 0 amide bonds. The van der Waals surface area contributed by atoms with Crippen molar-refractivity contribution >= 4 is 10.2 Å². The first-order valence-corrected chi connectivity index (χ1v) is 8.89. The highest BCUT2D eigenvalue weighted by molar-refractivity contribution is 7.87. The average molecular weight is 306 g/mol. The SMILES string of the molecule is CC1CN(S(=O)(=O)NCC2CCCC(O)C2)CC(C)O1. The highest BCUT2D eigenvalue weighted by Gasteiger charge is 2.31. The summed E-state index contributed by atoms with van der Waals surface area (Å²) in [5.41, 5.74) is 0. The summed E-state index contributed by atoms with van der Waals surface area (Å²) in [7, 11) is -3.44. The molecular weight excluding hydrogens is 280 g/mol. The first-order chi connectivity index (χ1) is 9.37. The molecule has 1 saturated heterocycles. The zero-order valence-corrected chi connectivity index (χ0v) is 13.1. The topological polar surface area (TPSA) is 78.9 Å². The van der Waals surface area contributed by atoms with Crippen LogP contribution in [0.15, 0.2) is 0 Å². The van der Waals surface area contributed by atoms with E-state index in [-0.39, 0.29) is 24.2 Å². The van der Waals surface area contributed by atoms with Gasteiger partial charge in [-0.25, -0.2) is 4.72 Å². The molecular formula is C13H26N2O4S. The third-order valence-electron chi connectivity index (χ3n) is 4.04. The van der Waals surface area contributed by atoms with Gasteiger partial charge in [0.1, 0.15) is 0 Å². The largest absolute Gasteiger partial charge is 0.393 e. The number of ether oxygens (including phenoxy) is 1. The number of aliphatic hydroxyl groups is 1. The Kier molecular flexibility index (Phi) is 5.42. The van der Waals surface area contributed by atoms with Crippen molar-refractivity contribution in [2.45, 2.75) is 57.8 Å². The molecule has 2 rings (SSSR count). The van der Waals surface area contributed by atoms with Gasteiger partial charge in [0.25, 0.3) is 10.2 Å². The van der Waals surface area contributed by atoms with Crippen LogP contribution in [-0.2, 0) is 14.9 Å². The molecule has 1 saturated carbocycles. The second kappa shape index (κ2) is 6.70. The Bertz CT molecular complexity index is 405. The van der Waals surface area contributed by atoms with Crippen LogP contribution in [0.2, 0.25) is 0 Å². The molecule has 118 valence electrons. The van der Waals surface area contributed by atoms with Crippen molar-refractivity contribution in [1.29, 1.82) is 0 Å². The van der Waals surface area contributed by atoms with E-state index in [0.29, 0.717) is 26.1 Å². The van der Waals surface area contributed by atoms with Crippen LogP contribution < -0.4 is 4.72 Å². The number of nitrogens with zero attached hydrogens (tertiary/aromatic N) is 1. The van der Waals surface area contributed by atoms with E-state index in [0.717, 1.165) is 19.3 Å². The summed E-state index contributed by atoms with van der Waals surface area (Å²) >= 11 is 0. The minimum Gasteiger partial charge on any atom is -0.393 e. The lowest BCUT2D eigenvalue weighted by atomic mass is 9.87. The predicted octanol–water partition coefficient (Wildman–Crippen LogP) is 0.481. The molecule has 7 heteroatoms. The van der Waals surface area contributed by atoms with Crippen LogP contribution in [0.4, 0.5) is 0 Å². The fraction of sp³-hybridized carbons (Fsp3) is 1.00. The summed E-state index contributed by atoms with van der Waals surface area (Å²) < 4.78 is 34.3. The van der Waals surface area contributed by atoms with Crippen LogP contribution in [-0.4, -0.2) is 55.8 Å². The van der Waals surface area contributed by atoms with E-state index in [2.05, 4.69) is 4.72 Å². The molecule has 2 fully saturated rings. The van der Waals surface area contributed by atoms with Gasteiger partial charge in [-0.3, -0.25) is 0 Å². The Morgan fingerprint density at radius 2 is 1.90 bits per heavy atom. The van der Waals surface area contributed by atoms with Gasteiger partial charge in [0, 0.05) is 19.6 Å². The summed E-state index contributed by atoms with van der Waals surface area (Å²) in [5, 5.41) is 9.62. The molecule has 6 nitrogen and oxygen atoms in total. The molecule has 1 aliphatic carbocycles. The van der Waals surface area contributed by atoms with Gasteiger partial charge in [-0.1, -0.05) is 6.42 Å². The number of aliphatic hydroxyl groups excluding tert-OH is 1. The summed E-state index contributed by atoms with van der Waals surface area (Å²) in [4.78, 5) is 0. The van der Waals surface area contributed by atoms with E-state index in [9.17, 15) is 13.5 Å². The quantitative estimate of drug-likeness (QED) is 0.792. The van der Waals surface area contributed by atoms with Crippen LogP contribution >= 0.6 is 0 Å². The number of rotatable bonds is 4. The summed E-state index contributed by atoms with van der Waals surface area (Å²) in [6.07, 6.45) is 3.05. The number of hydrogen-bond acceptors (Lipinski definition) is 4. The van der Waals surface area contributed by atoms with Gasteiger partial charge in [0.2, 0.25) is 0 Å². The highest BCUT2D eigenvalue weighted by Crippen LogP contribution is 2.24. The van der Waals surface area contributed by atoms with Crippen LogP contribution in [0, 0.1) is 5.92 Å². The van der Waals surface area contributed by atoms with Crippen molar-refractivity contribution in [3.8, 4) is 0 Å². The molecule has 0 aromatic carbocycles. The molecule has 2 N–H and O–H groups in total. The molecule has 0 radical (unpaired) electrons. The van der Waals surface area contributed by atoms with E-state index in [1.165, 1.54) is 4.31 Å². The van der Waals surface area contributed by atoms with Gasteiger partial charge in [-0.15, -0.1) is 0 Å². The van der Waals surface area contributed by atoms with Crippen molar-refractivity contribution in [3.05, 3.63) is 0 Å². The van der Waals surface area contributed by atoms with Gasteiger partial charge in [0.15, 0.2) is 0 Å². The Hall–Kier alpha value is -0.210. The molecule has 4 unspecified atom stereocenters. The van der Waals surface area contributed by atoms with Gasteiger partial charge < -0.3 is 9.84 Å². The van der Waals surface area contributed by atoms with E-state index >= 15 is 0 Å². The van der Waals surface area contributed by atoms with E-state index in [4.69, 9.17) is 4.74 Å². The maximum atomic E-state index is 12.3. The van der Waals surface area contributed by atoms with E-state index < -0.39 is 10.2 Å². The number of morpholine rings is 1. The van der Waals surface area contributed by atoms with Gasteiger partial charge in [-0.05, 0) is 39.0 Å². The van der Waals surface area contributed by atoms with E-state index in [1.54, 1.807) is 0 Å². The zero-order valence-electron chi connectivity index (χ0n) is 12.3. The zero-order chi connectivity index (χ0) is 14.8. The van der Waals surface area contributed by atoms with Crippen LogP contribution in [0.5, 0.6) is 0 Å². The summed E-state index contributed by atoms with van der Waals surface area (Å²) in [5.74, 6) is 0.240. The molecule has 2 aliphatic rings. The van der Waals surface area contributed by atoms with Crippen molar-refractivity contribution < 1.29 is 18.3 Å². The monoisotopic (exact) mass is 306 g/mol. The first-order valence-electron chi connectivity index (χ1n) is 7.45. The van der Waals surface area contributed by atoms with Crippen molar-refractivity contribution in [1.82, 2.24) is 9.03 Å². The van der Waals surface area contributed by atoms with Gasteiger partial charge in [-0.2, -0.15) is 12.7 Å². The van der Waals surface area contributed by atoms with Crippen LogP contribution in [0.25, 0.3) is 0 Å². The van der Waals surface area contributed by atoms with Crippen LogP contribution in [0.1, 0.15) is 39.5 Å². The minimum atomic E-state index is -3.44. The predicted molar refractivity (Wildman–Crippen MR) is 76.5 cm³/mol. The lowest BCUT2D eigenvalue weighted by Crippen LogP contribution is -2.52. The average Bonchev–Trinajstić information content (AvgIpc) is 2.35. The fourth-order valence-electron chi connectivity index (χ4n) is 3.09. The highest BCUT2D eigenvalue weighted by atomic mass is 32.2. The normalized spacial score (nSPS) is 37.0. The molecule has 0 aromatic rings. The molecule has 1 heterocycles. The second-order valence-electron chi connectivity index (χ2n) is 6.11. The summed E-state index contributed by atoms with van der Waals surface area (Å²) in [6.45, 7) is 4.98. The lowest BCUT2D eigenvalue weighted by Gasteiger charge is -2.35. The van der Waals surface area contributed by atoms with Crippen molar-refractivity contribution in [2.75, 3.05) is 19.6 Å². The summed E-state index contributed by atoms with van der Waals surface area (Å²) in [6, 6.07) is 0. The molecule has 0 spiro atoms. The molecule has 0 aromatic heterocycles. The molecule has 20 heavy (non-hydrogen) atoms. The van der Waals surface area contributed by atoms with Crippen LogP contribution in [0.3, 0.4) is 0 Å². The van der Waals surface area contributed by atoms with Crippen molar-refractivity contribution in [3.63, 3.8) is 0 Å². The fourth-order valence-corrected chi connectivity index (χ4v) is 4.53. The third kappa shape index (κ3) is 4.39. The maximum Gasteiger partial charge on any atom is 0.279 e. The molecule has 4 atom stereocenters. The number of nitrogens with one attached hydrogen (secondary N) is 1. The van der Waals surface area contributed by atoms with Gasteiger partial charge >= 0.3 is 0 Å². The Morgan fingerprint density at radius 3 is 2.50 bits per heavy atom. The first kappa shape index (κ1) is 16.2. The second-order valence-corrected chi connectivity index (χ2v) is 7.87. The molecule has 0 bridgehead atoms. The maximum absolute atomic E-state index is 12.3. The third-order valence-corrected chi connectivity index (χ3v) is 5.55. The lowest BCUT2D eigenvalue weighted by molar-refractivity contribution is -0.0444. The Morgan fingerprint density at radius 1 is 1.25 bits per heavy atom. The number of hydrogen-bond donors (Lipinski definition) is 2. The standard InChI is InChI=1S/C13H26N2O4S/c1-10-8-15(9-11(2)19-10)20(17,18)14-7-12-4-3-5-13(16)6-12/h10-14,16H,3-9H2,1-2H3. The Balaban J connectivity index is 1.87. The Labute approximate surface area is 121 Å². The molecule has 1 aliphatic heterocycles. The minimum absolute atomic E-state index is 0.0770. The van der Waals surface area contributed by atoms with Crippen molar-refractivity contribution in [2.24, 2.45) is 5.92 Å². The van der Waals surface area contributed by atoms with Gasteiger partial charge in [0.05, 0.1) is 18.3 Å². The van der Waals surface area contributed by atoms with E-state index in [1.807, 2.05) is 13.8 Å². The smallest absolute Gasteiger partial charge is 0.279 e.